The summed E-state index contributed by atoms with van der Waals surface area (Å²) in [5, 5.41) is 5.09. The zero-order valence-corrected chi connectivity index (χ0v) is 20.5. The lowest BCUT2D eigenvalue weighted by atomic mass is 10.1. The summed E-state index contributed by atoms with van der Waals surface area (Å²) in [6.07, 6.45) is 7.05. The van der Waals surface area contributed by atoms with Gasteiger partial charge in [-0.05, 0) is 54.7 Å². The molecule has 0 bridgehead atoms. The summed E-state index contributed by atoms with van der Waals surface area (Å²) in [6, 6.07) is 15.0. The van der Waals surface area contributed by atoms with Gasteiger partial charge in [0, 0.05) is 31.1 Å². The minimum Gasteiger partial charge on any atom is -0.299 e. The van der Waals surface area contributed by atoms with Gasteiger partial charge in [0.15, 0.2) is 0 Å². The molecule has 6 nitrogen and oxygen atoms in total. The summed E-state index contributed by atoms with van der Waals surface area (Å²) in [7, 11) is 0. The Hall–Kier alpha value is -2.96. The number of benzene rings is 2. The van der Waals surface area contributed by atoms with Gasteiger partial charge in [-0.2, -0.15) is 4.68 Å². The van der Waals surface area contributed by atoms with Gasteiger partial charge in [0.1, 0.15) is 11.6 Å². The summed E-state index contributed by atoms with van der Waals surface area (Å²) in [5.41, 5.74) is 2.17. The Kier molecular flexibility index (Phi) is 7.80. The molecule has 1 aliphatic rings. The van der Waals surface area contributed by atoms with Crippen LogP contribution in [0.3, 0.4) is 0 Å². The molecule has 0 saturated carbocycles. The van der Waals surface area contributed by atoms with E-state index in [4.69, 9.17) is 11.6 Å². The predicted molar refractivity (Wildman–Crippen MR) is 136 cm³/mol. The number of ketones is 1. The second-order valence-electron chi connectivity index (χ2n) is 9.22. The van der Waals surface area contributed by atoms with E-state index in [-0.39, 0.29) is 23.8 Å². The molecule has 3 aromatic rings. The predicted octanol–water partition coefficient (Wildman–Crippen LogP) is 4.64. The molecule has 2 aromatic carbocycles. The molecule has 0 aliphatic carbocycles. The summed E-state index contributed by atoms with van der Waals surface area (Å²) >= 11 is 6.18. The highest BCUT2D eigenvalue weighted by Gasteiger charge is 2.19. The highest BCUT2D eigenvalue weighted by molar-refractivity contribution is 6.30. The van der Waals surface area contributed by atoms with E-state index in [0.717, 1.165) is 32.5 Å². The Bertz CT molecular complexity index is 1220. The molecule has 0 unspecified atom stereocenters. The van der Waals surface area contributed by atoms with Gasteiger partial charge >= 0.3 is 5.69 Å². The third-order valence-corrected chi connectivity index (χ3v) is 6.18. The van der Waals surface area contributed by atoms with Crippen molar-refractivity contribution in [3.05, 3.63) is 87.6 Å². The lowest BCUT2D eigenvalue weighted by Gasteiger charge is -2.22. The number of hydrogen-bond donors (Lipinski definition) is 0. The fourth-order valence-corrected chi connectivity index (χ4v) is 4.44. The van der Waals surface area contributed by atoms with E-state index in [1.807, 2.05) is 38.1 Å². The number of aromatic nitrogens is 3. The topological polar surface area (TPSA) is 60.1 Å². The van der Waals surface area contributed by atoms with Crippen LogP contribution in [0.5, 0.6) is 0 Å². The lowest BCUT2D eigenvalue weighted by Crippen LogP contribution is -2.29. The van der Waals surface area contributed by atoms with E-state index in [1.54, 1.807) is 24.3 Å². The number of rotatable bonds is 9. The van der Waals surface area contributed by atoms with Crippen molar-refractivity contribution in [3.8, 4) is 11.4 Å². The minimum atomic E-state index is -0.317. The van der Waals surface area contributed by atoms with Crippen molar-refractivity contribution in [1.82, 2.24) is 19.2 Å². The fraction of sp³-hybridized carbons (Fsp3) is 0.370. The number of hydrogen-bond acceptors (Lipinski definition) is 4. The highest BCUT2D eigenvalue weighted by Crippen LogP contribution is 2.17. The van der Waals surface area contributed by atoms with Crippen LogP contribution in [0.15, 0.2) is 65.5 Å². The standard InChI is InChI=1S/C27H31ClN4O2/c1-20(2)17-25(33)19-26-29-32(27(34)31(26)24-8-6-7-22(28)18-24)23-11-9-21(10-12-23)13-16-30-14-4-3-5-15-30/h3-4,6-12,18,20H,5,13-17,19H2,1-2H3. The second kappa shape index (κ2) is 11.0. The molecular weight excluding hydrogens is 448 g/mol. The first-order chi connectivity index (χ1) is 16.4. The van der Waals surface area contributed by atoms with Crippen molar-refractivity contribution in [3.63, 3.8) is 0 Å². The average Bonchev–Trinajstić information content (AvgIpc) is 3.13. The number of Topliss-reactive ketones (excluding diaryl/α,β-unsaturated/α-hetero) is 1. The van der Waals surface area contributed by atoms with E-state index in [9.17, 15) is 9.59 Å². The molecule has 0 N–H and O–H groups in total. The molecule has 0 radical (unpaired) electrons. The highest BCUT2D eigenvalue weighted by atomic mass is 35.5. The maximum atomic E-state index is 13.4. The summed E-state index contributed by atoms with van der Waals surface area (Å²) < 4.78 is 2.86. The van der Waals surface area contributed by atoms with E-state index >= 15 is 0 Å². The Labute approximate surface area is 205 Å². The third kappa shape index (κ3) is 5.93. The Morgan fingerprint density at radius 3 is 2.56 bits per heavy atom. The third-order valence-electron chi connectivity index (χ3n) is 5.94. The maximum absolute atomic E-state index is 13.4. The van der Waals surface area contributed by atoms with Crippen LogP contribution in [0.2, 0.25) is 5.02 Å². The Balaban J connectivity index is 1.61. The lowest BCUT2D eigenvalue weighted by molar-refractivity contribution is -0.119. The van der Waals surface area contributed by atoms with Crippen molar-refractivity contribution in [2.24, 2.45) is 5.92 Å². The van der Waals surface area contributed by atoms with Gasteiger partial charge in [0.25, 0.3) is 0 Å². The van der Waals surface area contributed by atoms with Crippen LogP contribution in [0.1, 0.15) is 38.1 Å². The van der Waals surface area contributed by atoms with Gasteiger partial charge in [-0.3, -0.25) is 9.69 Å². The molecule has 7 heteroatoms. The molecule has 0 atom stereocenters. The normalized spacial score (nSPS) is 14.1. The van der Waals surface area contributed by atoms with Crippen LogP contribution in [0.25, 0.3) is 11.4 Å². The fourth-order valence-electron chi connectivity index (χ4n) is 4.25. The van der Waals surface area contributed by atoms with E-state index in [0.29, 0.717) is 28.6 Å². The molecule has 4 rings (SSSR count). The second-order valence-corrected chi connectivity index (χ2v) is 9.65. The summed E-state index contributed by atoms with van der Waals surface area (Å²) in [5.74, 6) is 0.716. The molecule has 0 saturated heterocycles. The van der Waals surface area contributed by atoms with Gasteiger partial charge in [0.2, 0.25) is 0 Å². The number of halogens is 1. The largest absolute Gasteiger partial charge is 0.355 e. The molecule has 0 amide bonds. The summed E-state index contributed by atoms with van der Waals surface area (Å²) in [4.78, 5) is 28.4. The minimum absolute atomic E-state index is 0.0540. The zero-order chi connectivity index (χ0) is 24.1. The van der Waals surface area contributed by atoms with Crippen molar-refractivity contribution in [1.29, 1.82) is 0 Å². The Morgan fingerprint density at radius 1 is 1.09 bits per heavy atom. The smallest absolute Gasteiger partial charge is 0.299 e. The molecule has 178 valence electrons. The Morgan fingerprint density at radius 2 is 1.88 bits per heavy atom. The van der Waals surface area contributed by atoms with Crippen LogP contribution in [0.4, 0.5) is 0 Å². The van der Waals surface area contributed by atoms with Gasteiger partial charge in [-0.1, -0.05) is 55.8 Å². The van der Waals surface area contributed by atoms with Crippen LogP contribution in [-0.4, -0.2) is 44.7 Å². The number of carbonyl (C=O) groups excluding carboxylic acids is 1. The quantitative estimate of drug-likeness (QED) is 0.420. The van der Waals surface area contributed by atoms with Crippen molar-refractivity contribution in [2.45, 2.75) is 39.5 Å². The first-order valence-electron chi connectivity index (χ1n) is 11.9. The maximum Gasteiger partial charge on any atom is 0.355 e. The van der Waals surface area contributed by atoms with Crippen LogP contribution >= 0.6 is 11.6 Å². The SMILES string of the molecule is CC(C)CC(=O)Cc1nn(-c2ccc(CCN3CC=CCC3)cc2)c(=O)n1-c1cccc(Cl)c1. The molecular formula is C27H31ClN4O2. The first kappa shape index (κ1) is 24.2. The number of carbonyl (C=O) groups is 1. The number of nitrogens with zero attached hydrogens (tertiary/aromatic N) is 4. The van der Waals surface area contributed by atoms with Gasteiger partial charge in [-0.15, -0.1) is 5.10 Å². The van der Waals surface area contributed by atoms with Crippen LogP contribution in [-0.2, 0) is 17.6 Å². The zero-order valence-electron chi connectivity index (χ0n) is 19.8. The molecule has 34 heavy (non-hydrogen) atoms. The van der Waals surface area contributed by atoms with Crippen molar-refractivity contribution >= 4 is 17.4 Å². The molecule has 2 heterocycles. The van der Waals surface area contributed by atoms with Crippen molar-refractivity contribution in [2.75, 3.05) is 19.6 Å². The first-order valence-corrected chi connectivity index (χ1v) is 12.2. The molecule has 0 fully saturated rings. The monoisotopic (exact) mass is 478 g/mol. The average molecular weight is 479 g/mol. The van der Waals surface area contributed by atoms with Gasteiger partial charge in [-0.25, -0.2) is 9.36 Å². The summed E-state index contributed by atoms with van der Waals surface area (Å²) in [6.45, 7) is 7.12. The van der Waals surface area contributed by atoms with E-state index in [1.165, 1.54) is 14.8 Å². The molecule has 1 aromatic heterocycles. The van der Waals surface area contributed by atoms with Crippen LogP contribution in [0, 0.1) is 5.92 Å². The van der Waals surface area contributed by atoms with Crippen molar-refractivity contribution < 1.29 is 4.79 Å². The van der Waals surface area contributed by atoms with Gasteiger partial charge < -0.3 is 0 Å². The van der Waals surface area contributed by atoms with Gasteiger partial charge in [0.05, 0.1) is 17.8 Å². The van der Waals surface area contributed by atoms with E-state index < -0.39 is 0 Å². The molecule has 1 aliphatic heterocycles. The molecule has 0 spiro atoms. The van der Waals surface area contributed by atoms with E-state index in [2.05, 4.69) is 22.2 Å². The van der Waals surface area contributed by atoms with Crippen LogP contribution < -0.4 is 5.69 Å².